The Kier molecular flexibility index (Phi) is 5.51. The van der Waals surface area contributed by atoms with Crippen LogP contribution in [0.3, 0.4) is 0 Å². The lowest BCUT2D eigenvalue weighted by Gasteiger charge is -2.14. The van der Waals surface area contributed by atoms with Crippen LogP contribution in [0.5, 0.6) is 11.5 Å². The summed E-state index contributed by atoms with van der Waals surface area (Å²) in [4.78, 5) is 0. The Bertz CT molecular complexity index is 1370. The summed E-state index contributed by atoms with van der Waals surface area (Å²) in [5.74, 6) is 1.80. The zero-order valence-corrected chi connectivity index (χ0v) is 18.5. The minimum absolute atomic E-state index is 0.669. The van der Waals surface area contributed by atoms with Gasteiger partial charge in [-0.2, -0.15) is 0 Å². The Hall–Kier alpha value is -3.78. The second-order valence-electron chi connectivity index (χ2n) is 7.82. The summed E-state index contributed by atoms with van der Waals surface area (Å²) in [6.07, 6.45) is 0. The first-order chi connectivity index (χ1) is 15.8. The van der Waals surface area contributed by atoms with Gasteiger partial charge in [0.15, 0.2) is 0 Å². The summed E-state index contributed by atoms with van der Waals surface area (Å²) in [6, 6.07) is 34.4. The van der Waals surface area contributed by atoms with Gasteiger partial charge < -0.3 is 9.47 Å². The Morgan fingerprint density at radius 3 is 1.72 bits per heavy atom. The third kappa shape index (κ3) is 3.80. The highest BCUT2D eigenvalue weighted by Gasteiger charge is 2.12. The summed E-state index contributed by atoms with van der Waals surface area (Å²) in [6.45, 7) is 5.36. The Balaban J connectivity index is 1.70. The van der Waals surface area contributed by atoms with E-state index in [1.54, 1.807) is 0 Å². The molecule has 0 aromatic heterocycles. The van der Waals surface area contributed by atoms with Crippen molar-refractivity contribution >= 4 is 21.5 Å². The number of hydrogen-bond donors (Lipinski definition) is 0. The van der Waals surface area contributed by atoms with E-state index in [1.807, 2.05) is 26.0 Å². The monoisotopic (exact) mass is 418 g/mol. The van der Waals surface area contributed by atoms with E-state index in [9.17, 15) is 0 Å². The first kappa shape index (κ1) is 20.1. The first-order valence-electron chi connectivity index (χ1n) is 11.2. The van der Waals surface area contributed by atoms with Gasteiger partial charge in [-0.1, -0.05) is 60.7 Å². The molecule has 0 spiro atoms. The Morgan fingerprint density at radius 1 is 0.500 bits per heavy atom. The highest BCUT2D eigenvalue weighted by Crippen LogP contribution is 2.39. The average Bonchev–Trinajstić information content (AvgIpc) is 2.84. The molecule has 32 heavy (non-hydrogen) atoms. The van der Waals surface area contributed by atoms with Crippen LogP contribution in [-0.4, -0.2) is 13.2 Å². The van der Waals surface area contributed by atoms with E-state index >= 15 is 0 Å². The number of rotatable bonds is 6. The molecule has 0 aliphatic carbocycles. The van der Waals surface area contributed by atoms with Gasteiger partial charge in [0.2, 0.25) is 0 Å². The van der Waals surface area contributed by atoms with Gasteiger partial charge >= 0.3 is 0 Å². The molecule has 2 nitrogen and oxygen atoms in total. The van der Waals surface area contributed by atoms with Crippen LogP contribution in [0.1, 0.15) is 13.8 Å². The largest absolute Gasteiger partial charge is 0.494 e. The molecule has 0 bridgehead atoms. The van der Waals surface area contributed by atoms with E-state index in [2.05, 4.69) is 84.9 Å². The van der Waals surface area contributed by atoms with Gasteiger partial charge in [-0.05, 0) is 94.0 Å². The lowest BCUT2D eigenvalue weighted by atomic mass is 9.90. The molecule has 5 aromatic carbocycles. The predicted molar refractivity (Wildman–Crippen MR) is 135 cm³/mol. The van der Waals surface area contributed by atoms with Crippen molar-refractivity contribution in [3.8, 4) is 33.8 Å². The van der Waals surface area contributed by atoms with E-state index in [1.165, 1.54) is 43.8 Å². The van der Waals surface area contributed by atoms with Crippen molar-refractivity contribution in [2.75, 3.05) is 13.2 Å². The second kappa shape index (κ2) is 8.76. The summed E-state index contributed by atoms with van der Waals surface area (Å²) in [5, 5.41) is 4.99. The number of hydrogen-bond acceptors (Lipinski definition) is 2. The zero-order valence-electron chi connectivity index (χ0n) is 18.5. The van der Waals surface area contributed by atoms with Crippen molar-refractivity contribution in [3.05, 3.63) is 97.1 Å². The van der Waals surface area contributed by atoms with Crippen LogP contribution in [0.15, 0.2) is 97.1 Å². The molecule has 0 unspecified atom stereocenters. The van der Waals surface area contributed by atoms with Gasteiger partial charge in [0.1, 0.15) is 11.5 Å². The molecule has 0 saturated carbocycles. The van der Waals surface area contributed by atoms with E-state index in [0.717, 1.165) is 11.5 Å². The summed E-state index contributed by atoms with van der Waals surface area (Å²) < 4.78 is 11.3. The molecule has 5 rings (SSSR count). The minimum Gasteiger partial charge on any atom is -0.494 e. The van der Waals surface area contributed by atoms with Crippen molar-refractivity contribution in [2.45, 2.75) is 13.8 Å². The van der Waals surface area contributed by atoms with Crippen LogP contribution in [0.4, 0.5) is 0 Å². The first-order valence-corrected chi connectivity index (χ1v) is 11.2. The van der Waals surface area contributed by atoms with Crippen LogP contribution >= 0.6 is 0 Å². The van der Waals surface area contributed by atoms with Crippen molar-refractivity contribution in [1.82, 2.24) is 0 Å². The fraction of sp³-hybridized carbons (Fsp3) is 0.133. The van der Waals surface area contributed by atoms with Gasteiger partial charge in [0.25, 0.3) is 0 Å². The molecule has 0 N–H and O–H groups in total. The highest BCUT2D eigenvalue weighted by atomic mass is 16.5. The van der Waals surface area contributed by atoms with Crippen LogP contribution in [0, 0.1) is 0 Å². The van der Waals surface area contributed by atoms with Crippen LogP contribution in [0.25, 0.3) is 43.8 Å². The third-order valence-electron chi connectivity index (χ3n) is 5.82. The minimum atomic E-state index is 0.669. The topological polar surface area (TPSA) is 18.5 Å². The van der Waals surface area contributed by atoms with Gasteiger partial charge in [-0.15, -0.1) is 0 Å². The van der Waals surface area contributed by atoms with Crippen LogP contribution in [-0.2, 0) is 0 Å². The maximum Gasteiger partial charge on any atom is 0.119 e. The summed E-state index contributed by atoms with van der Waals surface area (Å²) in [7, 11) is 0. The molecule has 0 fully saturated rings. The molecule has 5 aromatic rings. The van der Waals surface area contributed by atoms with Crippen LogP contribution in [0.2, 0.25) is 0 Å². The number of benzene rings is 5. The SMILES string of the molecule is CCOc1ccc(-c2ccc3cc4ccccc4c(-c4ccc(OCC)cc4)c3c2)cc1. The molecular formula is C30H26O2. The number of fused-ring (bicyclic) bond motifs is 2. The van der Waals surface area contributed by atoms with Crippen molar-refractivity contribution in [2.24, 2.45) is 0 Å². The second-order valence-corrected chi connectivity index (χ2v) is 7.82. The molecular weight excluding hydrogens is 392 g/mol. The molecule has 2 heteroatoms. The molecule has 0 aliphatic heterocycles. The summed E-state index contributed by atoms with van der Waals surface area (Å²) >= 11 is 0. The van der Waals surface area contributed by atoms with E-state index < -0.39 is 0 Å². The standard InChI is InChI=1S/C30H26O2/c1-3-31-26-15-11-21(12-16-26)23-9-10-25-19-24-7-5-6-8-28(24)30(29(25)20-23)22-13-17-27(18-14-22)32-4-2/h5-20H,3-4H2,1-2H3. The van der Waals surface area contributed by atoms with Gasteiger partial charge in [0, 0.05) is 0 Å². The maximum absolute atomic E-state index is 5.67. The van der Waals surface area contributed by atoms with Crippen LogP contribution < -0.4 is 9.47 Å². The van der Waals surface area contributed by atoms with Crippen molar-refractivity contribution in [3.63, 3.8) is 0 Å². The molecule has 0 amide bonds. The smallest absolute Gasteiger partial charge is 0.119 e. The molecule has 158 valence electrons. The van der Waals surface area contributed by atoms with Crippen molar-refractivity contribution < 1.29 is 9.47 Å². The van der Waals surface area contributed by atoms with Gasteiger partial charge in [-0.3, -0.25) is 0 Å². The maximum atomic E-state index is 5.67. The van der Waals surface area contributed by atoms with E-state index in [-0.39, 0.29) is 0 Å². The number of ether oxygens (including phenoxy) is 2. The fourth-order valence-electron chi connectivity index (χ4n) is 4.35. The average molecular weight is 419 g/mol. The molecule has 0 heterocycles. The van der Waals surface area contributed by atoms with E-state index in [0.29, 0.717) is 13.2 Å². The zero-order chi connectivity index (χ0) is 21.9. The normalized spacial score (nSPS) is 11.1. The van der Waals surface area contributed by atoms with Gasteiger partial charge in [-0.25, -0.2) is 0 Å². The quantitative estimate of drug-likeness (QED) is 0.259. The fourth-order valence-corrected chi connectivity index (χ4v) is 4.35. The van der Waals surface area contributed by atoms with Crippen molar-refractivity contribution in [1.29, 1.82) is 0 Å². The third-order valence-corrected chi connectivity index (χ3v) is 5.82. The lowest BCUT2D eigenvalue weighted by Crippen LogP contribution is -1.92. The van der Waals surface area contributed by atoms with E-state index in [4.69, 9.17) is 9.47 Å². The van der Waals surface area contributed by atoms with Gasteiger partial charge in [0.05, 0.1) is 13.2 Å². The Labute approximate surface area is 189 Å². The summed E-state index contributed by atoms with van der Waals surface area (Å²) in [5.41, 5.74) is 4.83. The predicted octanol–water partition coefficient (Wildman–Crippen LogP) is 8.12. The highest BCUT2D eigenvalue weighted by molar-refractivity contribution is 6.13. The molecule has 0 radical (unpaired) electrons. The molecule has 0 saturated heterocycles. The molecule has 0 atom stereocenters. The lowest BCUT2D eigenvalue weighted by molar-refractivity contribution is 0.340. The molecule has 0 aliphatic rings. The Morgan fingerprint density at radius 2 is 1.06 bits per heavy atom.